The molecule has 1 aliphatic carbocycles. The van der Waals surface area contributed by atoms with Crippen LogP contribution >= 0.6 is 0 Å². The minimum absolute atomic E-state index is 0.0101. The molecule has 0 bridgehead atoms. The molecule has 1 fully saturated rings. The number of nitrogens with one attached hydrogen (secondary N) is 1. The summed E-state index contributed by atoms with van der Waals surface area (Å²) in [5.41, 5.74) is 2.07. The Hall–Kier alpha value is -1.71. The fourth-order valence-electron chi connectivity index (χ4n) is 2.64. The average molecular weight is 268 g/mol. The van der Waals surface area contributed by atoms with Gasteiger partial charge in [-0.15, -0.1) is 0 Å². The molecule has 1 saturated carbocycles. The molecule has 0 spiro atoms. The smallest absolute Gasteiger partial charge is 0.0858 e. The predicted octanol–water partition coefficient (Wildman–Crippen LogP) is 2.69. The Kier molecular flexibility index (Phi) is 3.81. The van der Waals surface area contributed by atoms with Gasteiger partial charge in [0.2, 0.25) is 0 Å². The molecule has 3 heteroatoms. The van der Waals surface area contributed by atoms with Crippen molar-refractivity contribution in [2.45, 2.75) is 25.5 Å². The van der Waals surface area contributed by atoms with Crippen LogP contribution in [0.4, 0.5) is 0 Å². The van der Waals surface area contributed by atoms with E-state index in [4.69, 9.17) is 0 Å². The molecule has 1 aromatic carbocycles. The maximum atomic E-state index is 10.6. The second kappa shape index (κ2) is 5.73. The molecule has 0 amide bonds. The van der Waals surface area contributed by atoms with Crippen molar-refractivity contribution in [2.24, 2.45) is 5.41 Å². The van der Waals surface area contributed by atoms with Crippen LogP contribution in [-0.4, -0.2) is 16.6 Å². The summed E-state index contributed by atoms with van der Waals surface area (Å²) in [6.45, 7) is 1.59. The van der Waals surface area contributed by atoms with Gasteiger partial charge in [-0.3, -0.25) is 4.98 Å². The van der Waals surface area contributed by atoms with Crippen LogP contribution in [0.3, 0.4) is 0 Å². The van der Waals surface area contributed by atoms with E-state index in [1.807, 2.05) is 54.7 Å². The van der Waals surface area contributed by atoms with Gasteiger partial charge >= 0.3 is 0 Å². The summed E-state index contributed by atoms with van der Waals surface area (Å²) in [5, 5.41) is 14.0. The topological polar surface area (TPSA) is 45.1 Å². The quantitative estimate of drug-likeness (QED) is 0.846. The van der Waals surface area contributed by atoms with Crippen molar-refractivity contribution < 1.29 is 5.11 Å². The van der Waals surface area contributed by atoms with Gasteiger partial charge in [0.1, 0.15) is 0 Å². The van der Waals surface area contributed by atoms with Crippen LogP contribution in [0.25, 0.3) is 0 Å². The summed E-state index contributed by atoms with van der Waals surface area (Å²) in [6, 6.07) is 15.9. The van der Waals surface area contributed by atoms with Gasteiger partial charge in [-0.05, 0) is 30.5 Å². The highest BCUT2D eigenvalue weighted by atomic mass is 16.3. The van der Waals surface area contributed by atoms with E-state index in [2.05, 4.69) is 10.3 Å². The Morgan fingerprint density at radius 3 is 2.50 bits per heavy atom. The number of pyridine rings is 1. The zero-order valence-corrected chi connectivity index (χ0v) is 11.5. The van der Waals surface area contributed by atoms with E-state index in [9.17, 15) is 5.11 Å². The van der Waals surface area contributed by atoms with Crippen molar-refractivity contribution in [3.05, 3.63) is 66.0 Å². The van der Waals surface area contributed by atoms with E-state index < -0.39 is 0 Å². The van der Waals surface area contributed by atoms with Crippen LogP contribution in [0.5, 0.6) is 0 Å². The van der Waals surface area contributed by atoms with E-state index >= 15 is 0 Å². The lowest BCUT2D eigenvalue weighted by Gasteiger charge is -2.23. The van der Waals surface area contributed by atoms with Crippen molar-refractivity contribution in [1.82, 2.24) is 10.3 Å². The first-order valence-corrected chi connectivity index (χ1v) is 7.14. The molecule has 0 radical (unpaired) electrons. The van der Waals surface area contributed by atoms with E-state index in [-0.39, 0.29) is 11.5 Å². The molecule has 2 aromatic rings. The highest BCUT2D eigenvalue weighted by molar-refractivity contribution is 5.22. The summed E-state index contributed by atoms with van der Waals surface area (Å²) < 4.78 is 0. The number of hydrogen-bond donors (Lipinski definition) is 2. The maximum absolute atomic E-state index is 10.6. The molecule has 3 nitrogen and oxygen atoms in total. The first kappa shape index (κ1) is 13.3. The van der Waals surface area contributed by atoms with E-state index in [1.54, 1.807) is 0 Å². The molecule has 3 rings (SSSR count). The number of hydrogen-bond acceptors (Lipinski definition) is 3. The Balaban J connectivity index is 1.57. The molecule has 104 valence electrons. The van der Waals surface area contributed by atoms with Crippen LogP contribution in [0.15, 0.2) is 54.7 Å². The van der Waals surface area contributed by atoms with Crippen molar-refractivity contribution >= 4 is 0 Å². The standard InChI is InChI=1S/C17H20N2O/c20-16(14-6-2-1-3-7-14)17(9-10-17)13-18-12-15-8-4-5-11-19-15/h1-8,11,16,18,20H,9-10,12-13H2. The Morgan fingerprint density at radius 1 is 1.10 bits per heavy atom. The first-order chi connectivity index (χ1) is 9.80. The van der Waals surface area contributed by atoms with E-state index in [1.165, 1.54) is 0 Å². The monoisotopic (exact) mass is 268 g/mol. The second-order valence-corrected chi connectivity index (χ2v) is 5.60. The van der Waals surface area contributed by atoms with Crippen molar-refractivity contribution in [2.75, 3.05) is 6.54 Å². The lowest BCUT2D eigenvalue weighted by Crippen LogP contribution is -2.28. The summed E-state index contributed by atoms with van der Waals surface area (Å²) in [4.78, 5) is 4.30. The highest BCUT2D eigenvalue weighted by Gasteiger charge is 2.48. The summed E-state index contributed by atoms with van der Waals surface area (Å²) in [5.74, 6) is 0. The fraction of sp³-hybridized carbons (Fsp3) is 0.353. The molecule has 0 aliphatic heterocycles. The third-order valence-electron chi connectivity index (χ3n) is 4.10. The zero-order valence-electron chi connectivity index (χ0n) is 11.5. The Labute approximate surface area is 119 Å². The van der Waals surface area contributed by atoms with E-state index in [0.717, 1.165) is 37.2 Å². The molecule has 0 saturated heterocycles. The molecular formula is C17H20N2O. The SMILES string of the molecule is OC(c1ccccc1)C1(CNCc2ccccn2)CC1. The normalized spacial score (nSPS) is 17.6. The van der Waals surface area contributed by atoms with Crippen LogP contribution in [0.2, 0.25) is 0 Å². The minimum Gasteiger partial charge on any atom is -0.388 e. The van der Waals surface area contributed by atoms with Crippen LogP contribution in [0.1, 0.15) is 30.2 Å². The number of aromatic nitrogens is 1. The number of benzene rings is 1. The summed E-state index contributed by atoms with van der Waals surface area (Å²) in [7, 11) is 0. The van der Waals surface area contributed by atoms with Crippen molar-refractivity contribution in [3.63, 3.8) is 0 Å². The van der Waals surface area contributed by atoms with Crippen LogP contribution in [-0.2, 0) is 6.54 Å². The Morgan fingerprint density at radius 2 is 1.85 bits per heavy atom. The average Bonchev–Trinajstić information content (AvgIpc) is 3.30. The van der Waals surface area contributed by atoms with Crippen molar-refractivity contribution in [1.29, 1.82) is 0 Å². The first-order valence-electron chi connectivity index (χ1n) is 7.14. The molecule has 1 aliphatic rings. The summed E-state index contributed by atoms with van der Waals surface area (Å²) in [6.07, 6.45) is 3.60. The van der Waals surface area contributed by atoms with Gasteiger partial charge in [0.25, 0.3) is 0 Å². The van der Waals surface area contributed by atoms with Gasteiger partial charge in [-0.2, -0.15) is 0 Å². The highest BCUT2D eigenvalue weighted by Crippen LogP contribution is 2.54. The summed E-state index contributed by atoms with van der Waals surface area (Å²) >= 11 is 0. The van der Waals surface area contributed by atoms with Gasteiger partial charge in [-0.1, -0.05) is 36.4 Å². The molecule has 1 aromatic heterocycles. The number of aliphatic hydroxyl groups is 1. The predicted molar refractivity (Wildman–Crippen MR) is 79.0 cm³/mol. The number of aliphatic hydroxyl groups excluding tert-OH is 1. The molecular weight excluding hydrogens is 248 g/mol. The van der Waals surface area contributed by atoms with Gasteiger partial charge in [-0.25, -0.2) is 0 Å². The van der Waals surface area contributed by atoms with Crippen LogP contribution < -0.4 is 5.32 Å². The molecule has 2 N–H and O–H groups in total. The molecule has 1 heterocycles. The minimum atomic E-state index is -0.375. The van der Waals surface area contributed by atoms with Crippen molar-refractivity contribution in [3.8, 4) is 0 Å². The maximum Gasteiger partial charge on any atom is 0.0858 e. The third-order valence-corrected chi connectivity index (χ3v) is 4.10. The third kappa shape index (κ3) is 2.89. The molecule has 1 atom stereocenters. The van der Waals surface area contributed by atoms with Crippen LogP contribution in [0, 0.1) is 5.41 Å². The van der Waals surface area contributed by atoms with E-state index in [0.29, 0.717) is 0 Å². The Bertz CT molecular complexity index is 537. The van der Waals surface area contributed by atoms with Gasteiger partial charge in [0.05, 0.1) is 11.8 Å². The lowest BCUT2D eigenvalue weighted by atomic mass is 9.92. The van der Waals surface area contributed by atoms with Gasteiger partial charge in [0, 0.05) is 24.7 Å². The fourth-order valence-corrected chi connectivity index (χ4v) is 2.64. The lowest BCUT2D eigenvalue weighted by molar-refractivity contribution is 0.0917. The van der Waals surface area contributed by atoms with Gasteiger partial charge in [0.15, 0.2) is 0 Å². The van der Waals surface area contributed by atoms with Gasteiger partial charge < -0.3 is 10.4 Å². The molecule has 1 unspecified atom stereocenters. The number of rotatable bonds is 6. The second-order valence-electron chi connectivity index (χ2n) is 5.60. The zero-order chi connectivity index (χ0) is 13.8. The molecule has 20 heavy (non-hydrogen) atoms. The number of nitrogens with zero attached hydrogens (tertiary/aromatic N) is 1. The largest absolute Gasteiger partial charge is 0.388 e.